The average molecular weight is 433 g/mol. The Morgan fingerprint density at radius 1 is 0.903 bits per heavy atom. The first-order valence-corrected chi connectivity index (χ1v) is 12.4. The highest BCUT2D eigenvalue weighted by Crippen LogP contribution is 2.40. The second kappa shape index (κ2) is 11.0. The van der Waals surface area contributed by atoms with Crippen molar-refractivity contribution in [2.45, 2.75) is 104 Å². The lowest BCUT2D eigenvalue weighted by atomic mass is 9.69. The molecule has 7 nitrogen and oxygen atoms in total. The van der Waals surface area contributed by atoms with Gasteiger partial charge in [-0.1, -0.05) is 52.4 Å². The Morgan fingerprint density at radius 3 is 1.87 bits per heavy atom. The van der Waals surface area contributed by atoms with Crippen LogP contribution < -0.4 is 22.3 Å². The zero-order valence-electron chi connectivity index (χ0n) is 19.3. The molecular formula is C24H40N4O3. The Labute approximate surface area is 185 Å². The van der Waals surface area contributed by atoms with Crippen LogP contribution in [0.4, 0.5) is 11.5 Å². The molecule has 2 saturated carbocycles. The monoisotopic (exact) mass is 432 g/mol. The standard InChI is InChI=1S/C24H40N4O3/c1-3-15-27-21(25)20(23(30)28(16-4-2)24(27)31)26-22(29)19(17-11-7-5-8-12-17)18-13-9-6-10-14-18/h17-19H,3-16,25H2,1-2H3,(H,26,29). The van der Waals surface area contributed by atoms with Gasteiger partial charge in [0.15, 0.2) is 0 Å². The summed E-state index contributed by atoms with van der Waals surface area (Å²) in [5.41, 5.74) is 5.50. The van der Waals surface area contributed by atoms with E-state index in [0.717, 1.165) is 25.7 Å². The molecule has 0 saturated heterocycles. The van der Waals surface area contributed by atoms with Gasteiger partial charge in [-0.15, -0.1) is 0 Å². The third kappa shape index (κ3) is 5.24. The highest BCUT2D eigenvalue weighted by Gasteiger charge is 2.37. The fourth-order valence-corrected chi connectivity index (χ4v) is 5.70. The Bertz CT molecular complexity index is 843. The number of carbonyl (C=O) groups excluding carboxylic acids is 1. The van der Waals surface area contributed by atoms with E-state index < -0.39 is 5.56 Å². The van der Waals surface area contributed by atoms with E-state index in [9.17, 15) is 14.4 Å². The van der Waals surface area contributed by atoms with Crippen molar-refractivity contribution in [3.8, 4) is 0 Å². The SMILES string of the molecule is CCCn1c(N)c(NC(=O)C(C2CCCCC2)C2CCCCC2)c(=O)n(CCC)c1=O. The normalized spacial score (nSPS) is 18.4. The topological polar surface area (TPSA) is 99.1 Å². The lowest BCUT2D eigenvalue weighted by Crippen LogP contribution is -2.44. The van der Waals surface area contributed by atoms with Crippen LogP contribution in [0.1, 0.15) is 90.9 Å². The van der Waals surface area contributed by atoms with E-state index >= 15 is 0 Å². The largest absolute Gasteiger partial charge is 0.383 e. The minimum absolute atomic E-state index is 0.0765. The van der Waals surface area contributed by atoms with Crippen LogP contribution in [0.3, 0.4) is 0 Å². The Balaban J connectivity index is 1.96. The van der Waals surface area contributed by atoms with Gasteiger partial charge in [0.1, 0.15) is 11.5 Å². The third-order valence-corrected chi connectivity index (χ3v) is 7.23. The molecule has 0 unspecified atom stereocenters. The van der Waals surface area contributed by atoms with Crippen LogP contribution in [-0.4, -0.2) is 15.0 Å². The summed E-state index contributed by atoms with van der Waals surface area (Å²) in [6.07, 6.45) is 12.9. The molecular weight excluding hydrogens is 392 g/mol. The highest BCUT2D eigenvalue weighted by molar-refractivity contribution is 5.95. The van der Waals surface area contributed by atoms with Gasteiger partial charge in [0.25, 0.3) is 5.56 Å². The number of nitrogen functional groups attached to an aromatic ring is 1. The molecule has 174 valence electrons. The minimum atomic E-state index is -0.476. The molecule has 31 heavy (non-hydrogen) atoms. The second-order valence-corrected chi connectivity index (χ2v) is 9.46. The summed E-state index contributed by atoms with van der Waals surface area (Å²) < 4.78 is 2.65. The van der Waals surface area contributed by atoms with E-state index in [0.29, 0.717) is 37.8 Å². The molecule has 0 radical (unpaired) electrons. The molecule has 0 atom stereocenters. The molecule has 2 aliphatic rings. The van der Waals surface area contributed by atoms with E-state index in [2.05, 4.69) is 5.32 Å². The lowest BCUT2D eigenvalue weighted by Gasteiger charge is -2.36. The van der Waals surface area contributed by atoms with Crippen molar-refractivity contribution in [2.75, 3.05) is 11.1 Å². The Kier molecular flexibility index (Phi) is 8.38. The predicted octanol–water partition coefficient (Wildman–Crippen LogP) is 4.13. The van der Waals surface area contributed by atoms with Gasteiger partial charge in [0, 0.05) is 19.0 Å². The number of carbonyl (C=O) groups is 1. The smallest absolute Gasteiger partial charge is 0.332 e. The molecule has 0 bridgehead atoms. The number of hydrogen-bond acceptors (Lipinski definition) is 4. The van der Waals surface area contributed by atoms with Crippen molar-refractivity contribution >= 4 is 17.4 Å². The van der Waals surface area contributed by atoms with Crippen LogP contribution in [0.25, 0.3) is 0 Å². The average Bonchev–Trinajstić information content (AvgIpc) is 2.79. The summed E-state index contributed by atoms with van der Waals surface area (Å²) in [5.74, 6) is 0.677. The van der Waals surface area contributed by atoms with Gasteiger partial charge in [-0.2, -0.15) is 0 Å². The van der Waals surface area contributed by atoms with Crippen LogP contribution in [0.15, 0.2) is 9.59 Å². The Morgan fingerprint density at radius 2 is 1.39 bits per heavy atom. The van der Waals surface area contributed by atoms with E-state index in [-0.39, 0.29) is 29.0 Å². The molecule has 1 amide bonds. The molecule has 0 spiro atoms. The first-order valence-electron chi connectivity index (χ1n) is 12.4. The van der Waals surface area contributed by atoms with Crippen molar-refractivity contribution in [3.63, 3.8) is 0 Å². The maximum absolute atomic E-state index is 13.6. The molecule has 3 rings (SSSR count). The van der Waals surface area contributed by atoms with E-state index in [1.165, 1.54) is 47.7 Å². The molecule has 1 aromatic heterocycles. The van der Waals surface area contributed by atoms with Gasteiger partial charge < -0.3 is 11.1 Å². The van der Waals surface area contributed by atoms with Crippen molar-refractivity contribution in [3.05, 3.63) is 20.8 Å². The molecule has 3 N–H and O–H groups in total. The highest BCUT2D eigenvalue weighted by atomic mass is 16.2. The fourth-order valence-electron chi connectivity index (χ4n) is 5.70. The first kappa shape index (κ1) is 23.6. The predicted molar refractivity (Wildman–Crippen MR) is 125 cm³/mol. The number of nitrogens with two attached hydrogens (primary N) is 1. The summed E-state index contributed by atoms with van der Waals surface area (Å²) >= 11 is 0. The van der Waals surface area contributed by atoms with Gasteiger partial charge in [-0.3, -0.25) is 18.7 Å². The molecule has 1 aromatic rings. The molecule has 7 heteroatoms. The molecule has 2 fully saturated rings. The van der Waals surface area contributed by atoms with Crippen LogP contribution in [0.5, 0.6) is 0 Å². The second-order valence-electron chi connectivity index (χ2n) is 9.46. The van der Waals surface area contributed by atoms with Gasteiger partial charge in [-0.25, -0.2) is 4.79 Å². The summed E-state index contributed by atoms with van der Waals surface area (Å²) in [6, 6.07) is 0. The summed E-state index contributed by atoms with van der Waals surface area (Å²) in [6.45, 7) is 4.62. The molecule has 0 aromatic carbocycles. The van der Waals surface area contributed by atoms with Crippen molar-refractivity contribution in [2.24, 2.45) is 17.8 Å². The van der Waals surface area contributed by atoms with Gasteiger partial charge in [0.05, 0.1) is 0 Å². The number of rotatable bonds is 8. The summed E-state index contributed by atoms with van der Waals surface area (Å²) in [7, 11) is 0. The van der Waals surface area contributed by atoms with E-state index in [1.54, 1.807) is 0 Å². The minimum Gasteiger partial charge on any atom is -0.383 e. The third-order valence-electron chi connectivity index (χ3n) is 7.23. The first-order chi connectivity index (χ1) is 15.0. The number of hydrogen-bond donors (Lipinski definition) is 2. The van der Waals surface area contributed by atoms with E-state index in [1.807, 2.05) is 13.8 Å². The van der Waals surface area contributed by atoms with E-state index in [4.69, 9.17) is 5.73 Å². The summed E-state index contributed by atoms with van der Waals surface area (Å²) in [5, 5.41) is 2.94. The quantitative estimate of drug-likeness (QED) is 0.645. The number of amides is 1. The van der Waals surface area contributed by atoms with Crippen molar-refractivity contribution in [1.82, 2.24) is 9.13 Å². The van der Waals surface area contributed by atoms with Crippen LogP contribution in [0, 0.1) is 17.8 Å². The fraction of sp³-hybridized carbons (Fsp3) is 0.792. The maximum Gasteiger partial charge on any atom is 0.332 e. The lowest BCUT2D eigenvalue weighted by molar-refractivity contribution is -0.124. The van der Waals surface area contributed by atoms with Crippen LogP contribution >= 0.6 is 0 Å². The zero-order chi connectivity index (χ0) is 22.4. The number of aromatic nitrogens is 2. The number of nitrogens with zero attached hydrogens (tertiary/aromatic N) is 2. The van der Waals surface area contributed by atoms with Gasteiger partial charge in [-0.05, 0) is 50.4 Å². The molecule has 2 aliphatic carbocycles. The van der Waals surface area contributed by atoms with Gasteiger partial charge in [0.2, 0.25) is 5.91 Å². The molecule has 0 aliphatic heterocycles. The summed E-state index contributed by atoms with van der Waals surface area (Å²) in [4.78, 5) is 39.5. The van der Waals surface area contributed by atoms with Gasteiger partial charge >= 0.3 is 5.69 Å². The molecule has 1 heterocycles. The van der Waals surface area contributed by atoms with Crippen LogP contribution in [0.2, 0.25) is 0 Å². The van der Waals surface area contributed by atoms with Crippen LogP contribution in [-0.2, 0) is 17.9 Å². The maximum atomic E-state index is 13.6. The zero-order valence-corrected chi connectivity index (χ0v) is 19.3. The van der Waals surface area contributed by atoms with Crippen molar-refractivity contribution in [1.29, 1.82) is 0 Å². The Hall–Kier alpha value is -2.05. The number of anilines is 2. The van der Waals surface area contributed by atoms with Crippen molar-refractivity contribution < 1.29 is 4.79 Å². The number of nitrogens with one attached hydrogen (secondary N) is 1.